The minimum atomic E-state index is 0.498. The summed E-state index contributed by atoms with van der Waals surface area (Å²) in [5, 5.41) is 0. The SMILES string of the molecule is CCc1ccc(CC2CCc3ccccc3C2Br)cc1. The van der Waals surface area contributed by atoms with Crippen LogP contribution in [0.25, 0.3) is 0 Å². The predicted molar refractivity (Wildman–Crippen MR) is 89.4 cm³/mol. The molecule has 2 aromatic rings. The smallest absolute Gasteiger partial charge is 0.0429 e. The normalized spacial score (nSPS) is 21.5. The summed E-state index contributed by atoms with van der Waals surface area (Å²) in [7, 11) is 0. The van der Waals surface area contributed by atoms with Crippen molar-refractivity contribution in [2.24, 2.45) is 5.92 Å². The summed E-state index contributed by atoms with van der Waals surface area (Å²) >= 11 is 3.94. The molecule has 0 aliphatic heterocycles. The molecule has 0 bridgehead atoms. The number of benzene rings is 2. The first-order valence-corrected chi connectivity index (χ1v) is 8.49. The molecule has 2 atom stereocenters. The third kappa shape index (κ3) is 2.83. The molecule has 0 saturated carbocycles. The fourth-order valence-electron chi connectivity index (χ4n) is 3.19. The van der Waals surface area contributed by atoms with Crippen molar-refractivity contribution < 1.29 is 0 Å². The molecule has 0 amide bonds. The van der Waals surface area contributed by atoms with E-state index in [1.54, 1.807) is 0 Å². The van der Waals surface area contributed by atoms with E-state index in [-0.39, 0.29) is 0 Å². The van der Waals surface area contributed by atoms with Crippen LogP contribution in [0.1, 0.15) is 40.4 Å². The van der Waals surface area contributed by atoms with Gasteiger partial charge < -0.3 is 0 Å². The Hall–Kier alpha value is -1.08. The summed E-state index contributed by atoms with van der Waals surface area (Å²) in [4.78, 5) is 0.498. The molecule has 0 aromatic heterocycles. The number of hydrogen-bond acceptors (Lipinski definition) is 0. The van der Waals surface area contributed by atoms with Crippen LogP contribution in [0.4, 0.5) is 0 Å². The summed E-state index contributed by atoms with van der Waals surface area (Å²) in [6.45, 7) is 2.21. The van der Waals surface area contributed by atoms with E-state index in [1.165, 1.54) is 41.5 Å². The lowest BCUT2D eigenvalue weighted by Crippen LogP contribution is -2.18. The Kier molecular flexibility index (Phi) is 4.26. The van der Waals surface area contributed by atoms with Gasteiger partial charge in [-0.05, 0) is 53.9 Å². The van der Waals surface area contributed by atoms with Crippen LogP contribution < -0.4 is 0 Å². The van der Waals surface area contributed by atoms with Crippen molar-refractivity contribution in [2.75, 3.05) is 0 Å². The van der Waals surface area contributed by atoms with Gasteiger partial charge in [0.2, 0.25) is 0 Å². The Balaban J connectivity index is 1.75. The molecule has 0 fully saturated rings. The van der Waals surface area contributed by atoms with Gasteiger partial charge in [0.1, 0.15) is 0 Å². The Morgan fingerprint density at radius 1 is 1.00 bits per heavy atom. The Morgan fingerprint density at radius 2 is 1.70 bits per heavy atom. The lowest BCUT2D eigenvalue weighted by atomic mass is 9.80. The molecule has 104 valence electrons. The molecule has 1 aliphatic carbocycles. The molecule has 20 heavy (non-hydrogen) atoms. The van der Waals surface area contributed by atoms with Crippen LogP contribution in [0.2, 0.25) is 0 Å². The van der Waals surface area contributed by atoms with Crippen LogP contribution in [0.3, 0.4) is 0 Å². The quantitative estimate of drug-likeness (QED) is 0.653. The van der Waals surface area contributed by atoms with Crippen molar-refractivity contribution in [3.05, 3.63) is 70.8 Å². The second-order valence-electron chi connectivity index (χ2n) is 5.77. The Bertz CT molecular complexity index is 571. The second-order valence-corrected chi connectivity index (χ2v) is 6.76. The highest BCUT2D eigenvalue weighted by Gasteiger charge is 2.27. The maximum Gasteiger partial charge on any atom is 0.0429 e. The first kappa shape index (κ1) is 13.9. The van der Waals surface area contributed by atoms with Crippen LogP contribution in [0.5, 0.6) is 0 Å². The van der Waals surface area contributed by atoms with E-state index >= 15 is 0 Å². The van der Waals surface area contributed by atoms with Crippen LogP contribution in [0, 0.1) is 5.92 Å². The molecule has 0 spiro atoms. The van der Waals surface area contributed by atoms with Gasteiger partial charge in [0.05, 0.1) is 0 Å². The van der Waals surface area contributed by atoms with E-state index in [0.717, 1.165) is 6.42 Å². The van der Waals surface area contributed by atoms with Gasteiger partial charge in [-0.15, -0.1) is 0 Å². The molecular formula is C19H21Br. The van der Waals surface area contributed by atoms with E-state index < -0.39 is 0 Å². The Morgan fingerprint density at radius 3 is 2.45 bits per heavy atom. The zero-order valence-corrected chi connectivity index (χ0v) is 13.6. The topological polar surface area (TPSA) is 0 Å². The number of aryl methyl sites for hydroxylation is 2. The van der Waals surface area contributed by atoms with Gasteiger partial charge in [-0.1, -0.05) is 71.4 Å². The van der Waals surface area contributed by atoms with Crippen LogP contribution in [0.15, 0.2) is 48.5 Å². The van der Waals surface area contributed by atoms with Crippen molar-refractivity contribution in [2.45, 2.75) is 37.4 Å². The monoisotopic (exact) mass is 328 g/mol. The second kappa shape index (κ2) is 6.13. The third-order valence-corrected chi connectivity index (χ3v) is 5.72. The Labute approximate surface area is 130 Å². The summed E-state index contributed by atoms with van der Waals surface area (Å²) in [5.41, 5.74) is 5.91. The number of rotatable bonds is 3. The molecule has 2 unspecified atom stereocenters. The molecular weight excluding hydrogens is 308 g/mol. The molecule has 0 saturated heterocycles. The molecule has 1 aliphatic rings. The molecule has 3 rings (SSSR count). The largest absolute Gasteiger partial charge is 0.0836 e. The van der Waals surface area contributed by atoms with Gasteiger partial charge in [-0.3, -0.25) is 0 Å². The van der Waals surface area contributed by atoms with Crippen molar-refractivity contribution in [3.8, 4) is 0 Å². The summed E-state index contributed by atoms with van der Waals surface area (Å²) in [6, 6.07) is 18.0. The van der Waals surface area contributed by atoms with Crippen LogP contribution >= 0.6 is 15.9 Å². The number of alkyl halides is 1. The van der Waals surface area contributed by atoms with Crippen molar-refractivity contribution in [1.29, 1.82) is 0 Å². The van der Waals surface area contributed by atoms with Crippen molar-refractivity contribution >= 4 is 15.9 Å². The average Bonchev–Trinajstić information content (AvgIpc) is 2.51. The van der Waals surface area contributed by atoms with E-state index in [4.69, 9.17) is 0 Å². The van der Waals surface area contributed by atoms with Gasteiger partial charge in [0.15, 0.2) is 0 Å². The maximum absolute atomic E-state index is 3.94. The number of halogens is 1. The minimum Gasteiger partial charge on any atom is -0.0836 e. The highest BCUT2D eigenvalue weighted by atomic mass is 79.9. The minimum absolute atomic E-state index is 0.498. The van der Waals surface area contributed by atoms with Crippen molar-refractivity contribution in [1.82, 2.24) is 0 Å². The van der Waals surface area contributed by atoms with Crippen molar-refractivity contribution in [3.63, 3.8) is 0 Å². The van der Waals surface area contributed by atoms with Gasteiger partial charge in [0, 0.05) is 4.83 Å². The molecule has 0 N–H and O–H groups in total. The van der Waals surface area contributed by atoms with E-state index in [2.05, 4.69) is 71.4 Å². The first-order valence-electron chi connectivity index (χ1n) is 7.57. The predicted octanol–water partition coefficient (Wildman–Crippen LogP) is 5.49. The van der Waals surface area contributed by atoms with Gasteiger partial charge in [-0.25, -0.2) is 0 Å². The van der Waals surface area contributed by atoms with Gasteiger partial charge in [-0.2, -0.15) is 0 Å². The standard InChI is InChI=1S/C19H21Br/c1-2-14-7-9-15(10-8-14)13-17-12-11-16-5-3-4-6-18(16)19(17)20/h3-10,17,19H,2,11-13H2,1H3. The number of fused-ring (bicyclic) bond motifs is 1. The molecule has 0 nitrogen and oxygen atoms in total. The van der Waals surface area contributed by atoms with Crippen LogP contribution in [-0.4, -0.2) is 0 Å². The lowest BCUT2D eigenvalue weighted by Gasteiger charge is -2.30. The summed E-state index contributed by atoms with van der Waals surface area (Å²) < 4.78 is 0. The van der Waals surface area contributed by atoms with E-state index in [0.29, 0.717) is 10.7 Å². The zero-order valence-electron chi connectivity index (χ0n) is 12.0. The van der Waals surface area contributed by atoms with Gasteiger partial charge in [0.25, 0.3) is 0 Å². The summed E-state index contributed by atoms with van der Waals surface area (Å²) in [6.07, 6.45) is 4.80. The fraction of sp³-hybridized carbons (Fsp3) is 0.368. The highest BCUT2D eigenvalue weighted by Crippen LogP contribution is 2.41. The number of hydrogen-bond donors (Lipinski definition) is 0. The van der Waals surface area contributed by atoms with E-state index in [1.807, 2.05) is 0 Å². The zero-order chi connectivity index (χ0) is 13.9. The molecule has 2 aromatic carbocycles. The highest BCUT2D eigenvalue weighted by molar-refractivity contribution is 9.09. The summed E-state index contributed by atoms with van der Waals surface area (Å²) in [5.74, 6) is 0.706. The fourth-order valence-corrected chi connectivity index (χ4v) is 4.09. The lowest BCUT2D eigenvalue weighted by molar-refractivity contribution is 0.452. The van der Waals surface area contributed by atoms with E-state index in [9.17, 15) is 0 Å². The first-order chi connectivity index (χ1) is 9.78. The molecule has 0 heterocycles. The maximum atomic E-state index is 3.94. The van der Waals surface area contributed by atoms with Crippen LogP contribution in [-0.2, 0) is 19.3 Å². The average molecular weight is 329 g/mol. The van der Waals surface area contributed by atoms with Gasteiger partial charge >= 0.3 is 0 Å². The molecule has 0 radical (unpaired) electrons. The molecule has 1 heteroatoms. The third-order valence-electron chi connectivity index (χ3n) is 4.48.